The third-order valence-electron chi connectivity index (χ3n) is 3.97. The first-order valence-electron chi connectivity index (χ1n) is 7.64. The van der Waals surface area contributed by atoms with Crippen molar-refractivity contribution in [1.82, 2.24) is 0 Å². The Morgan fingerprint density at radius 2 is 1.71 bits per heavy atom. The summed E-state index contributed by atoms with van der Waals surface area (Å²) in [5.74, 6) is 1.22. The molecule has 1 aromatic rings. The standard InChI is InChI=1S/C16H24O8/c1-21-10-4-3-9(7-11(10)22-2)5-6-23-16-15(20)14(19)13(18)12(8-17)24-16/h3-4,7,12-20H,5-6,8H2,1-2H3. The second kappa shape index (κ2) is 8.61. The van der Waals surface area contributed by atoms with E-state index in [9.17, 15) is 15.3 Å². The summed E-state index contributed by atoms with van der Waals surface area (Å²) in [6, 6.07) is 5.45. The molecule has 2 rings (SSSR count). The van der Waals surface area contributed by atoms with Gasteiger partial charge in [0, 0.05) is 0 Å². The Hall–Kier alpha value is -1.42. The zero-order valence-corrected chi connectivity index (χ0v) is 13.7. The molecule has 1 heterocycles. The number of aliphatic hydroxyl groups is 4. The van der Waals surface area contributed by atoms with Crippen molar-refractivity contribution in [2.45, 2.75) is 37.1 Å². The fourth-order valence-corrected chi connectivity index (χ4v) is 2.53. The molecule has 5 atom stereocenters. The van der Waals surface area contributed by atoms with Crippen molar-refractivity contribution in [1.29, 1.82) is 0 Å². The second-order valence-electron chi connectivity index (χ2n) is 5.51. The van der Waals surface area contributed by atoms with Gasteiger partial charge in [-0.05, 0) is 24.1 Å². The fourth-order valence-electron chi connectivity index (χ4n) is 2.53. The molecular formula is C16H24O8. The van der Waals surface area contributed by atoms with E-state index >= 15 is 0 Å². The zero-order valence-electron chi connectivity index (χ0n) is 13.7. The maximum absolute atomic E-state index is 9.89. The molecule has 0 amide bonds. The molecule has 0 aromatic heterocycles. The highest BCUT2D eigenvalue weighted by Gasteiger charge is 2.43. The SMILES string of the molecule is COc1ccc(CCOC2OC(CO)C(O)C(O)C2O)cc1OC. The van der Waals surface area contributed by atoms with Crippen LogP contribution >= 0.6 is 0 Å². The van der Waals surface area contributed by atoms with Crippen LogP contribution in [0, 0.1) is 0 Å². The Labute approximate surface area is 140 Å². The van der Waals surface area contributed by atoms with Gasteiger partial charge in [-0.2, -0.15) is 0 Å². The molecule has 1 aromatic carbocycles. The third kappa shape index (κ3) is 4.15. The average Bonchev–Trinajstić information content (AvgIpc) is 2.61. The van der Waals surface area contributed by atoms with Crippen LogP contribution in [-0.4, -0.2) is 78.6 Å². The number of hydrogen-bond acceptors (Lipinski definition) is 8. The Balaban J connectivity index is 1.91. The number of aliphatic hydroxyl groups excluding tert-OH is 4. The van der Waals surface area contributed by atoms with Crippen molar-refractivity contribution in [2.75, 3.05) is 27.4 Å². The maximum Gasteiger partial charge on any atom is 0.186 e. The van der Waals surface area contributed by atoms with Crippen LogP contribution in [0.5, 0.6) is 11.5 Å². The summed E-state index contributed by atoms with van der Waals surface area (Å²) in [5, 5.41) is 38.4. The molecule has 0 spiro atoms. The van der Waals surface area contributed by atoms with E-state index in [1.54, 1.807) is 20.3 Å². The van der Waals surface area contributed by atoms with Gasteiger partial charge in [-0.25, -0.2) is 0 Å². The summed E-state index contributed by atoms with van der Waals surface area (Å²) in [6.07, 6.45) is -5.82. The highest BCUT2D eigenvalue weighted by Crippen LogP contribution is 2.28. The van der Waals surface area contributed by atoms with Crippen molar-refractivity contribution in [3.05, 3.63) is 23.8 Å². The highest BCUT2D eigenvalue weighted by atomic mass is 16.7. The summed E-state index contributed by atoms with van der Waals surface area (Å²) in [6.45, 7) is -0.279. The van der Waals surface area contributed by atoms with Gasteiger partial charge < -0.3 is 39.4 Å². The van der Waals surface area contributed by atoms with E-state index in [-0.39, 0.29) is 6.61 Å². The van der Waals surface area contributed by atoms with Gasteiger partial charge >= 0.3 is 0 Å². The molecule has 5 unspecified atom stereocenters. The monoisotopic (exact) mass is 344 g/mol. The van der Waals surface area contributed by atoms with Gasteiger partial charge in [0.2, 0.25) is 0 Å². The first-order valence-corrected chi connectivity index (χ1v) is 7.64. The van der Waals surface area contributed by atoms with Crippen LogP contribution in [0.15, 0.2) is 18.2 Å². The van der Waals surface area contributed by atoms with Gasteiger partial charge in [0.05, 0.1) is 27.4 Å². The smallest absolute Gasteiger partial charge is 0.186 e. The lowest BCUT2D eigenvalue weighted by Crippen LogP contribution is -2.59. The number of rotatable bonds is 7. The van der Waals surface area contributed by atoms with E-state index < -0.39 is 37.3 Å². The minimum Gasteiger partial charge on any atom is -0.493 e. The van der Waals surface area contributed by atoms with E-state index in [4.69, 9.17) is 24.1 Å². The van der Waals surface area contributed by atoms with Crippen LogP contribution in [0.4, 0.5) is 0 Å². The molecule has 136 valence electrons. The second-order valence-corrected chi connectivity index (χ2v) is 5.51. The van der Waals surface area contributed by atoms with Crippen molar-refractivity contribution in [2.24, 2.45) is 0 Å². The van der Waals surface area contributed by atoms with Crippen molar-refractivity contribution in [3.63, 3.8) is 0 Å². The quantitative estimate of drug-likeness (QED) is 0.501. The van der Waals surface area contributed by atoms with Gasteiger partial charge in [-0.15, -0.1) is 0 Å². The van der Waals surface area contributed by atoms with Crippen molar-refractivity contribution in [3.8, 4) is 11.5 Å². The molecule has 0 saturated carbocycles. The minimum atomic E-state index is -1.44. The predicted octanol–water partition coefficient (Wildman–Crippen LogP) is -0.937. The molecule has 24 heavy (non-hydrogen) atoms. The van der Waals surface area contributed by atoms with Crippen molar-refractivity contribution >= 4 is 0 Å². The lowest BCUT2D eigenvalue weighted by atomic mass is 9.99. The van der Waals surface area contributed by atoms with Crippen LogP contribution < -0.4 is 9.47 Å². The van der Waals surface area contributed by atoms with E-state index in [1.807, 2.05) is 12.1 Å². The summed E-state index contributed by atoms with van der Waals surface area (Å²) >= 11 is 0. The number of hydrogen-bond donors (Lipinski definition) is 4. The average molecular weight is 344 g/mol. The number of benzene rings is 1. The molecule has 1 saturated heterocycles. The summed E-state index contributed by atoms with van der Waals surface area (Å²) < 4.78 is 21.1. The molecule has 8 nitrogen and oxygen atoms in total. The molecule has 1 aliphatic rings. The van der Waals surface area contributed by atoms with Crippen LogP contribution in [0.2, 0.25) is 0 Å². The van der Waals surface area contributed by atoms with Crippen LogP contribution in [0.25, 0.3) is 0 Å². The van der Waals surface area contributed by atoms with E-state index in [1.165, 1.54) is 0 Å². The zero-order chi connectivity index (χ0) is 17.7. The molecule has 1 fully saturated rings. The van der Waals surface area contributed by atoms with E-state index in [0.29, 0.717) is 17.9 Å². The maximum atomic E-state index is 9.89. The molecule has 4 N–H and O–H groups in total. The minimum absolute atomic E-state index is 0.207. The topological polar surface area (TPSA) is 118 Å². The largest absolute Gasteiger partial charge is 0.493 e. The van der Waals surface area contributed by atoms with Gasteiger partial charge in [0.15, 0.2) is 17.8 Å². The Bertz CT molecular complexity index is 521. The van der Waals surface area contributed by atoms with Gasteiger partial charge in [0.25, 0.3) is 0 Å². The summed E-state index contributed by atoms with van der Waals surface area (Å²) in [4.78, 5) is 0. The summed E-state index contributed by atoms with van der Waals surface area (Å²) in [5.41, 5.74) is 0.928. The van der Waals surface area contributed by atoms with Crippen LogP contribution in [0.1, 0.15) is 5.56 Å². The fraction of sp³-hybridized carbons (Fsp3) is 0.625. The number of methoxy groups -OCH3 is 2. The molecular weight excluding hydrogens is 320 g/mol. The molecule has 0 radical (unpaired) electrons. The lowest BCUT2D eigenvalue weighted by molar-refractivity contribution is -0.300. The number of ether oxygens (including phenoxy) is 4. The van der Waals surface area contributed by atoms with Crippen LogP contribution in [-0.2, 0) is 15.9 Å². The Kier molecular flexibility index (Phi) is 6.79. The Morgan fingerprint density at radius 1 is 1.00 bits per heavy atom. The van der Waals surface area contributed by atoms with Crippen molar-refractivity contribution < 1.29 is 39.4 Å². The molecule has 0 aliphatic carbocycles. The van der Waals surface area contributed by atoms with Gasteiger partial charge in [-0.1, -0.05) is 6.07 Å². The first-order chi connectivity index (χ1) is 11.5. The molecule has 8 heteroatoms. The van der Waals surface area contributed by atoms with E-state index in [0.717, 1.165) is 5.56 Å². The van der Waals surface area contributed by atoms with Gasteiger partial charge in [-0.3, -0.25) is 0 Å². The lowest BCUT2D eigenvalue weighted by Gasteiger charge is -2.39. The summed E-state index contributed by atoms with van der Waals surface area (Å²) in [7, 11) is 3.10. The molecule has 1 aliphatic heterocycles. The third-order valence-corrected chi connectivity index (χ3v) is 3.97. The molecule has 0 bridgehead atoms. The van der Waals surface area contributed by atoms with Gasteiger partial charge in [0.1, 0.15) is 24.4 Å². The normalized spacial score (nSPS) is 30.2. The van der Waals surface area contributed by atoms with E-state index in [2.05, 4.69) is 0 Å². The van der Waals surface area contributed by atoms with Crippen LogP contribution in [0.3, 0.4) is 0 Å². The highest BCUT2D eigenvalue weighted by molar-refractivity contribution is 5.42. The first kappa shape index (κ1) is 18.9. The Morgan fingerprint density at radius 3 is 2.33 bits per heavy atom. The predicted molar refractivity (Wildman–Crippen MR) is 83.0 cm³/mol.